The molecule has 1 aliphatic rings. The van der Waals surface area contributed by atoms with Crippen molar-refractivity contribution in [1.29, 1.82) is 0 Å². The van der Waals surface area contributed by atoms with E-state index >= 15 is 0 Å². The molecule has 1 aliphatic heterocycles. The fourth-order valence-electron chi connectivity index (χ4n) is 1.82. The van der Waals surface area contributed by atoms with Gasteiger partial charge in [-0.25, -0.2) is 0 Å². The monoisotopic (exact) mass is 211 g/mol. The lowest BCUT2D eigenvalue weighted by atomic mass is 10.0. The lowest BCUT2D eigenvalue weighted by molar-refractivity contribution is 0.428. The van der Waals surface area contributed by atoms with Crippen molar-refractivity contribution in [1.82, 2.24) is 15.6 Å². The number of nitrogens with one attached hydrogen (secondary N) is 2. The minimum Gasteiger partial charge on any atom is -0.314 e. The summed E-state index contributed by atoms with van der Waals surface area (Å²) < 4.78 is 0. The summed E-state index contributed by atoms with van der Waals surface area (Å²) in [4.78, 5) is 4.26. The Bertz CT molecular complexity index is 301. The first-order valence-corrected chi connectivity index (χ1v) is 5.22. The molecule has 2 N–H and O–H groups in total. The number of nitrogens with zero attached hydrogens (tertiary/aromatic N) is 1. The smallest absolute Gasteiger partial charge is 0.0487 e. The van der Waals surface area contributed by atoms with E-state index in [0.29, 0.717) is 6.04 Å². The summed E-state index contributed by atoms with van der Waals surface area (Å²) in [5.41, 5.74) is 2.14. The van der Waals surface area contributed by atoms with Crippen LogP contribution in [0.15, 0.2) is 12.3 Å². The van der Waals surface area contributed by atoms with Crippen molar-refractivity contribution in [2.75, 3.05) is 19.6 Å². The molecule has 14 heavy (non-hydrogen) atoms. The molecule has 1 saturated heterocycles. The van der Waals surface area contributed by atoms with Gasteiger partial charge in [0.2, 0.25) is 0 Å². The van der Waals surface area contributed by atoms with Crippen LogP contribution in [0.3, 0.4) is 0 Å². The first-order chi connectivity index (χ1) is 6.79. The molecule has 1 atom stereocenters. The van der Waals surface area contributed by atoms with Gasteiger partial charge in [-0.05, 0) is 13.0 Å². The SMILES string of the molecule is Cc1nccc(Cl)c1C1CNCCN1. The zero-order valence-corrected chi connectivity index (χ0v) is 8.93. The van der Waals surface area contributed by atoms with E-state index in [0.717, 1.165) is 35.9 Å². The molecule has 0 bridgehead atoms. The third-order valence-corrected chi connectivity index (χ3v) is 2.86. The van der Waals surface area contributed by atoms with Gasteiger partial charge in [0.15, 0.2) is 0 Å². The number of aromatic nitrogens is 1. The van der Waals surface area contributed by atoms with Crippen LogP contribution >= 0.6 is 11.6 Å². The predicted molar refractivity (Wildman–Crippen MR) is 57.6 cm³/mol. The molecule has 0 aromatic carbocycles. The predicted octanol–water partition coefficient (Wildman–Crippen LogP) is 1.28. The van der Waals surface area contributed by atoms with E-state index in [2.05, 4.69) is 15.6 Å². The molecule has 76 valence electrons. The second kappa shape index (κ2) is 4.26. The Kier molecular flexibility index (Phi) is 3.01. The van der Waals surface area contributed by atoms with Crippen molar-refractivity contribution in [3.63, 3.8) is 0 Å². The van der Waals surface area contributed by atoms with Crippen molar-refractivity contribution in [2.45, 2.75) is 13.0 Å². The van der Waals surface area contributed by atoms with Gasteiger partial charge in [-0.2, -0.15) is 0 Å². The Morgan fingerprint density at radius 3 is 3.00 bits per heavy atom. The number of piperazine rings is 1. The largest absolute Gasteiger partial charge is 0.314 e. The zero-order valence-electron chi connectivity index (χ0n) is 8.18. The van der Waals surface area contributed by atoms with E-state index in [4.69, 9.17) is 11.6 Å². The Hall–Kier alpha value is -0.640. The molecule has 0 aliphatic carbocycles. The van der Waals surface area contributed by atoms with Gasteiger partial charge >= 0.3 is 0 Å². The van der Waals surface area contributed by atoms with Crippen molar-refractivity contribution in [2.24, 2.45) is 0 Å². The minimum absolute atomic E-state index is 0.296. The van der Waals surface area contributed by atoms with Crippen molar-refractivity contribution >= 4 is 11.6 Å². The lowest BCUT2D eigenvalue weighted by Gasteiger charge is -2.26. The summed E-state index contributed by atoms with van der Waals surface area (Å²) in [5, 5.41) is 7.57. The topological polar surface area (TPSA) is 37.0 Å². The van der Waals surface area contributed by atoms with Crippen LogP contribution in [0.4, 0.5) is 0 Å². The maximum atomic E-state index is 6.16. The molecular weight excluding hydrogens is 198 g/mol. The second-order valence-corrected chi connectivity index (χ2v) is 3.91. The molecule has 3 nitrogen and oxygen atoms in total. The van der Waals surface area contributed by atoms with Crippen LogP contribution in [0.5, 0.6) is 0 Å². The Balaban J connectivity index is 2.29. The number of aryl methyl sites for hydroxylation is 1. The highest BCUT2D eigenvalue weighted by molar-refractivity contribution is 6.31. The van der Waals surface area contributed by atoms with E-state index in [1.54, 1.807) is 6.20 Å². The molecule has 0 radical (unpaired) electrons. The molecular formula is C10H14ClN3. The van der Waals surface area contributed by atoms with Crippen LogP contribution < -0.4 is 10.6 Å². The van der Waals surface area contributed by atoms with E-state index in [1.807, 2.05) is 13.0 Å². The van der Waals surface area contributed by atoms with Gasteiger partial charge < -0.3 is 10.6 Å². The number of hydrogen-bond acceptors (Lipinski definition) is 3. The van der Waals surface area contributed by atoms with Gasteiger partial charge in [-0.15, -0.1) is 0 Å². The molecule has 0 saturated carbocycles. The van der Waals surface area contributed by atoms with Crippen molar-refractivity contribution in [3.8, 4) is 0 Å². The average Bonchev–Trinajstić information content (AvgIpc) is 2.19. The second-order valence-electron chi connectivity index (χ2n) is 3.50. The van der Waals surface area contributed by atoms with Crippen molar-refractivity contribution in [3.05, 3.63) is 28.5 Å². The van der Waals surface area contributed by atoms with Crippen LogP contribution in [-0.2, 0) is 0 Å². The number of pyridine rings is 1. The van der Waals surface area contributed by atoms with Crippen LogP contribution in [0, 0.1) is 6.92 Å². The summed E-state index contributed by atoms with van der Waals surface area (Å²) in [6.45, 7) is 4.92. The standard InChI is InChI=1S/C10H14ClN3/c1-7-10(8(11)2-3-13-7)9-6-12-4-5-14-9/h2-3,9,12,14H,4-6H2,1H3. The summed E-state index contributed by atoms with van der Waals surface area (Å²) in [6, 6.07) is 2.14. The molecule has 1 unspecified atom stereocenters. The summed E-state index contributed by atoms with van der Waals surface area (Å²) in [7, 11) is 0. The molecule has 1 aromatic heterocycles. The highest BCUT2D eigenvalue weighted by atomic mass is 35.5. The Labute approximate surface area is 88.9 Å². The number of halogens is 1. The molecule has 1 fully saturated rings. The minimum atomic E-state index is 0.296. The fourth-order valence-corrected chi connectivity index (χ4v) is 2.15. The molecule has 2 heterocycles. The summed E-state index contributed by atoms with van der Waals surface area (Å²) in [5.74, 6) is 0. The lowest BCUT2D eigenvalue weighted by Crippen LogP contribution is -2.43. The van der Waals surface area contributed by atoms with Crippen molar-refractivity contribution < 1.29 is 0 Å². The van der Waals surface area contributed by atoms with Crippen LogP contribution in [0.2, 0.25) is 5.02 Å². The maximum Gasteiger partial charge on any atom is 0.0487 e. The highest BCUT2D eigenvalue weighted by Gasteiger charge is 2.19. The molecule has 4 heteroatoms. The van der Waals surface area contributed by atoms with Gasteiger partial charge in [0.25, 0.3) is 0 Å². The van der Waals surface area contributed by atoms with Gasteiger partial charge in [0.1, 0.15) is 0 Å². The van der Waals surface area contributed by atoms with E-state index in [9.17, 15) is 0 Å². The third-order valence-electron chi connectivity index (χ3n) is 2.53. The van der Waals surface area contributed by atoms with Gasteiger partial charge in [0.05, 0.1) is 0 Å². The van der Waals surface area contributed by atoms with E-state index in [-0.39, 0.29) is 0 Å². The fraction of sp³-hybridized carbons (Fsp3) is 0.500. The summed E-state index contributed by atoms with van der Waals surface area (Å²) in [6.07, 6.45) is 1.75. The number of hydrogen-bond donors (Lipinski definition) is 2. The Morgan fingerprint density at radius 1 is 1.50 bits per heavy atom. The van der Waals surface area contributed by atoms with E-state index < -0.39 is 0 Å². The molecule has 1 aromatic rings. The van der Waals surface area contributed by atoms with Gasteiger partial charge in [-0.1, -0.05) is 11.6 Å². The van der Waals surface area contributed by atoms with Gasteiger partial charge in [-0.3, -0.25) is 4.98 Å². The third kappa shape index (κ3) is 1.90. The Morgan fingerprint density at radius 2 is 2.36 bits per heavy atom. The van der Waals surface area contributed by atoms with Crippen LogP contribution in [0.25, 0.3) is 0 Å². The first kappa shape index (κ1) is 9.90. The average molecular weight is 212 g/mol. The summed E-state index contributed by atoms with van der Waals surface area (Å²) >= 11 is 6.16. The zero-order chi connectivity index (χ0) is 9.97. The van der Waals surface area contributed by atoms with Crippen LogP contribution in [-0.4, -0.2) is 24.6 Å². The van der Waals surface area contributed by atoms with E-state index in [1.165, 1.54) is 0 Å². The van der Waals surface area contributed by atoms with Crippen LogP contribution in [0.1, 0.15) is 17.3 Å². The molecule has 0 spiro atoms. The number of rotatable bonds is 1. The quantitative estimate of drug-likeness (QED) is 0.735. The molecule has 0 amide bonds. The normalized spacial score (nSPS) is 22.3. The van der Waals surface area contributed by atoms with Gasteiger partial charge in [0, 0.05) is 48.2 Å². The first-order valence-electron chi connectivity index (χ1n) is 4.84. The maximum absolute atomic E-state index is 6.16. The highest BCUT2D eigenvalue weighted by Crippen LogP contribution is 2.25. The molecule has 2 rings (SSSR count).